The average molecular weight is 243 g/mol. The molecule has 4 heteroatoms. The lowest BCUT2D eigenvalue weighted by molar-refractivity contribution is -0.0923. The van der Waals surface area contributed by atoms with Crippen molar-refractivity contribution in [2.45, 2.75) is 32.4 Å². The van der Waals surface area contributed by atoms with Gasteiger partial charge in [-0.15, -0.1) is 0 Å². The Morgan fingerprint density at radius 2 is 2.33 bits per heavy atom. The van der Waals surface area contributed by atoms with Crippen molar-refractivity contribution in [2.24, 2.45) is 11.3 Å². The molecule has 2 heterocycles. The van der Waals surface area contributed by atoms with Crippen LogP contribution in [0.25, 0.3) is 0 Å². The van der Waals surface area contributed by atoms with Gasteiger partial charge in [0.2, 0.25) is 0 Å². The van der Waals surface area contributed by atoms with E-state index in [0.717, 1.165) is 18.7 Å². The minimum atomic E-state index is 0.162. The SMILES string of the molecule is CC1(C)C(Nc2ccc(C#N)nc2)C2CCOC21. The van der Waals surface area contributed by atoms with Crippen molar-refractivity contribution in [3.8, 4) is 6.07 Å². The molecule has 1 saturated carbocycles. The van der Waals surface area contributed by atoms with Crippen LogP contribution < -0.4 is 5.32 Å². The first-order valence-electron chi connectivity index (χ1n) is 6.37. The molecule has 1 aliphatic heterocycles. The van der Waals surface area contributed by atoms with E-state index in [4.69, 9.17) is 10.00 Å². The summed E-state index contributed by atoms with van der Waals surface area (Å²) in [7, 11) is 0. The first kappa shape index (κ1) is 11.5. The summed E-state index contributed by atoms with van der Waals surface area (Å²) >= 11 is 0. The number of fused-ring (bicyclic) bond motifs is 1. The van der Waals surface area contributed by atoms with Crippen LogP contribution in [0.3, 0.4) is 0 Å². The van der Waals surface area contributed by atoms with Gasteiger partial charge in [-0.2, -0.15) is 5.26 Å². The third-order valence-corrected chi connectivity index (χ3v) is 4.30. The van der Waals surface area contributed by atoms with Gasteiger partial charge in [-0.1, -0.05) is 13.8 Å². The zero-order valence-corrected chi connectivity index (χ0v) is 10.7. The van der Waals surface area contributed by atoms with Crippen LogP contribution in [0.1, 0.15) is 26.0 Å². The van der Waals surface area contributed by atoms with Gasteiger partial charge < -0.3 is 10.1 Å². The highest BCUT2D eigenvalue weighted by Gasteiger charge is 2.59. The minimum absolute atomic E-state index is 0.162. The topological polar surface area (TPSA) is 57.9 Å². The van der Waals surface area contributed by atoms with E-state index in [1.807, 2.05) is 12.1 Å². The van der Waals surface area contributed by atoms with Crippen molar-refractivity contribution in [3.05, 3.63) is 24.0 Å². The van der Waals surface area contributed by atoms with E-state index in [0.29, 0.717) is 23.8 Å². The number of hydrogen-bond donors (Lipinski definition) is 1. The van der Waals surface area contributed by atoms with Gasteiger partial charge in [-0.3, -0.25) is 0 Å². The molecule has 0 radical (unpaired) electrons. The second kappa shape index (κ2) is 3.96. The molecule has 18 heavy (non-hydrogen) atoms. The number of nitrogens with zero attached hydrogens (tertiary/aromatic N) is 2. The first-order valence-corrected chi connectivity index (χ1v) is 6.37. The molecule has 1 saturated heterocycles. The lowest BCUT2D eigenvalue weighted by Gasteiger charge is -2.55. The first-order chi connectivity index (χ1) is 8.63. The number of rotatable bonds is 2. The molecule has 3 rings (SSSR count). The van der Waals surface area contributed by atoms with Gasteiger partial charge in [-0.05, 0) is 18.6 Å². The van der Waals surface area contributed by atoms with Gasteiger partial charge in [0, 0.05) is 24.0 Å². The quantitative estimate of drug-likeness (QED) is 0.865. The fraction of sp³-hybridized carbons (Fsp3) is 0.571. The van der Waals surface area contributed by atoms with Crippen LogP contribution in [-0.4, -0.2) is 23.7 Å². The Morgan fingerprint density at radius 3 is 3.00 bits per heavy atom. The molecule has 2 fully saturated rings. The molecule has 0 bridgehead atoms. The van der Waals surface area contributed by atoms with E-state index in [-0.39, 0.29) is 5.41 Å². The summed E-state index contributed by atoms with van der Waals surface area (Å²) in [5.41, 5.74) is 1.60. The minimum Gasteiger partial charge on any atom is -0.380 e. The van der Waals surface area contributed by atoms with Crippen LogP contribution in [0.4, 0.5) is 5.69 Å². The van der Waals surface area contributed by atoms with Crippen molar-refractivity contribution in [2.75, 3.05) is 11.9 Å². The van der Waals surface area contributed by atoms with E-state index in [9.17, 15) is 0 Å². The monoisotopic (exact) mass is 243 g/mol. The van der Waals surface area contributed by atoms with Crippen LogP contribution >= 0.6 is 0 Å². The number of hydrogen-bond acceptors (Lipinski definition) is 4. The van der Waals surface area contributed by atoms with Crippen molar-refractivity contribution >= 4 is 5.69 Å². The van der Waals surface area contributed by atoms with Gasteiger partial charge in [0.15, 0.2) is 0 Å². The summed E-state index contributed by atoms with van der Waals surface area (Å²) in [5, 5.41) is 12.3. The average Bonchev–Trinajstić information content (AvgIpc) is 2.83. The molecule has 0 aromatic carbocycles. The second-order valence-corrected chi connectivity index (χ2v) is 5.73. The van der Waals surface area contributed by atoms with Crippen LogP contribution in [0.5, 0.6) is 0 Å². The molecule has 1 N–H and O–H groups in total. The molecular formula is C14H17N3O. The molecule has 1 aromatic heterocycles. The maximum atomic E-state index is 8.72. The predicted octanol–water partition coefficient (Wildman–Crippen LogP) is 2.18. The fourth-order valence-corrected chi connectivity index (χ4v) is 3.34. The second-order valence-electron chi connectivity index (χ2n) is 5.73. The highest BCUT2D eigenvalue weighted by molar-refractivity contribution is 5.45. The van der Waals surface area contributed by atoms with E-state index < -0.39 is 0 Å². The van der Waals surface area contributed by atoms with Gasteiger partial charge in [0.1, 0.15) is 11.8 Å². The number of anilines is 1. The standard InChI is InChI=1S/C14H17N3O/c1-14(2)12(11-5-6-18-13(11)14)17-10-4-3-9(7-15)16-8-10/h3-4,8,11-13,17H,5-6H2,1-2H3. The van der Waals surface area contributed by atoms with Crippen molar-refractivity contribution < 1.29 is 4.74 Å². The van der Waals surface area contributed by atoms with Crippen LogP contribution in [0.15, 0.2) is 18.3 Å². The Hall–Kier alpha value is -1.60. The Labute approximate surface area is 107 Å². The van der Waals surface area contributed by atoms with Crippen LogP contribution in [0.2, 0.25) is 0 Å². The number of nitrogens with one attached hydrogen (secondary N) is 1. The van der Waals surface area contributed by atoms with Crippen LogP contribution in [-0.2, 0) is 4.74 Å². The molecule has 0 amide bonds. The summed E-state index contributed by atoms with van der Waals surface area (Å²) in [6.07, 6.45) is 3.26. The summed E-state index contributed by atoms with van der Waals surface area (Å²) in [6, 6.07) is 6.13. The van der Waals surface area contributed by atoms with Gasteiger partial charge >= 0.3 is 0 Å². The highest BCUT2D eigenvalue weighted by Crippen LogP contribution is 2.53. The Bertz CT molecular complexity index is 489. The molecule has 0 spiro atoms. The maximum absolute atomic E-state index is 8.72. The summed E-state index contributed by atoms with van der Waals surface area (Å²) in [6.45, 7) is 5.37. The number of aromatic nitrogens is 1. The molecule has 1 aliphatic carbocycles. The Kier molecular flexibility index (Phi) is 2.53. The van der Waals surface area contributed by atoms with Gasteiger partial charge in [0.05, 0.1) is 18.0 Å². The molecule has 3 unspecified atom stereocenters. The molecule has 4 nitrogen and oxygen atoms in total. The molecule has 2 aliphatic rings. The summed E-state index contributed by atoms with van der Waals surface area (Å²) in [5.74, 6) is 0.607. The molecular weight excluding hydrogens is 226 g/mol. The predicted molar refractivity (Wildman–Crippen MR) is 68.0 cm³/mol. The third kappa shape index (κ3) is 1.58. The highest BCUT2D eigenvalue weighted by atomic mass is 16.5. The fourth-order valence-electron chi connectivity index (χ4n) is 3.34. The van der Waals surface area contributed by atoms with E-state index in [1.54, 1.807) is 12.3 Å². The van der Waals surface area contributed by atoms with Crippen molar-refractivity contribution in [1.82, 2.24) is 4.98 Å². The number of ether oxygens (including phenoxy) is 1. The normalized spacial score (nSPS) is 32.2. The van der Waals surface area contributed by atoms with Crippen molar-refractivity contribution in [3.63, 3.8) is 0 Å². The lowest BCUT2D eigenvalue weighted by Crippen LogP contribution is -2.63. The molecule has 3 atom stereocenters. The largest absolute Gasteiger partial charge is 0.380 e. The van der Waals surface area contributed by atoms with Gasteiger partial charge in [-0.25, -0.2) is 4.98 Å². The number of pyridine rings is 1. The number of nitriles is 1. The zero-order chi connectivity index (χ0) is 12.8. The third-order valence-electron chi connectivity index (χ3n) is 4.30. The Balaban J connectivity index is 1.74. The zero-order valence-electron chi connectivity index (χ0n) is 10.7. The van der Waals surface area contributed by atoms with Crippen molar-refractivity contribution in [1.29, 1.82) is 5.26 Å². The van der Waals surface area contributed by atoms with Gasteiger partial charge in [0.25, 0.3) is 0 Å². The maximum Gasteiger partial charge on any atom is 0.140 e. The van der Waals surface area contributed by atoms with E-state index in [1.165, 1.54) is 0 Å². The Morgan fingerprint density at radius 1 is 1.50 bits per heavy atom. The molecule has 1 aromatic rings. The summed E-state index contributed by atoms with van der Waals surface area (Å²) in [4.78, 5) is 4.09. The lowest BCUT2D eigenvalue weighted by atomic mass is 9.57. The van der Waals surface area contributed by atoms with E-state index >= 15 is 0 Å². The summed E-state index contributed by atoms with van der Waals surface area (Å²) < 4.78 is 5.77. The smallest absolute Gasteiger partial charge is 0.140 e. The molecule has 94 valence electrons. The van der Waals surface area contributed by atoms with Crippen LogP contribution in [0, 0.1) is 22.7 Å². The van der Waals surface area contributed by atoms with E-state index in [2.05, 4.69) is 24.1 Å².